The number of rotatable bonds is 3. The monoisotopic (exact) mass is 254 g/mol. The number of aliphatic hydroxyl groups is 1. The fraction of sp³-hybridized carbons (Fsp3) is 0.929. The molecule has 0 aromatic carbocycles. The Balaban J connectivity index is 1.71. The molecule has 0 aromatic heterocycles. The van der Waals surface area contributed by atoms with E-state index >= 15 is 0 Å². The number of piperazine rings is 1. The summed E-state index contributed by atoms with van der Waals surface area (Å²) in [7, 11) is 0. The molecule has 0 spiro atoms. The maximum absolute atomic E-state index is 11.7. The highest BCUT2D eigenvalue weighted by atomic mass is 16.3. The molecule has 1 saturated heterocycles. The normalized spacial score (nSPS) is 25.1. The zero-order valence-corrected chi connectivity index (χ0v) is 11.5. The van der Waals surface area contributed by atoms with Gasteiger partial charge >= 0.3 is 0 Å². The van der Waals surface area contributed by atoms with E-state index in [1.54, 1.807) is 11.8 Å². The van der Waals surface area contributed by atoms with Gasteiger partial charge in [0, 0.05) is 32.7 Å². The summed E-state index contributed by atoms with van der Waals surface area (Å²) in [5.41, 5.74) is 0. The van der Waals surface area contributed by atoms with Crippen molar-refractivity contribution in [2.75, 3.05) is 32.7 Å². The molecular formula is C14H26N2O2. The van der Waals surface area contributed by atoms with E-state index in [1.807, 2.05) is 0 Å². The van der Waals surface area contributed by atoms with Gasteiger partial charge in [-0.15, -0.1) is 0 Å². The quantitative estimate of drug-likeness (QED) is 0.820. The van der Waals surface area contributed by atoms with Gasteiger partial charge in [-0.2, -0.15) is 0 Å². The van der Waals surface area contributed by atoms with Crippen LogP contribution in [0.3, 0.4) is 0 Å². The topological polar surface area (TPSA) is 43.8 Å². The van der Waals surface area contributed by atoms with Gasteiger partial charge in [0.25, 0.3) is 5.91 Å². The molecule has 1 saturated carbocycles. The zero-order valence-electron chi connectivity index (χ0n) is 11.5. The van der Waals surface area contributed by atoms with Crippen molar-refractivity contribution in [2.45, 2.75) is 45.1 Å². The fourth-order valence-electron chi connectivity index (χ4n) is 3.15. The summed E-state index contributed by atoms with van der Waals surface area (Å²) in [4.78, 5) is 15.9. The average Bonchev–Trinajstić information content (AvgIpc) is 2.40. The smallest absolute Gasteiger partial charge is 0.251 e. The first kappa shape index (κ1) is 13.8. The number of hydrogen-bond acceptors (Lipinski definition) is 3. The van der Waals surface area contributed by atoms with Crippen molar-refractivity contribution in [3.05, 3.63) is 0 Å². The van der Waals surface area contributed by atoms with E-state index in [4.69, 9.17) is 0 Å². The Labute approximate surface area is 110 Å². The molecule has 0 radical (unpaired) electrons. The van der Waals surface area contributed by atoms with Crippen LogP contribution in [0.1, 0.15) is 39.0 Å². The molecule has 1 unspecified atom stereocenters. The second-order valence-corrected chi connectivity index (χ2v) is 5.81. The van der Waals surface area contributed by atoms with Crippen molar-refractivity contribution in [1.29, 1.82) is 0 Å². The van der Waals surface area contributed by atoms with E-state index in [-0.39, 0.29) is 5.91 Å². The molecule has 2 rings (SSSR count). The van der Waals surface area contributed by atoms with E-state index in [0.717, 1.165) is 32.1 Å². The minimum absolute atomic E-state index is 0.118. The van der Waals surface area contributed by atoms with Gasteiger partial charge < -0.3 is 10.0 Å². The highest BCUT2D eigenvalue weighted by Crippen LogP contribution is 2.24. The predicted octanol–water partition coefficient (Wildman–Crippen LogP) is 1.09. The molecule has 0 aromatic rings. The molecule has 18 heavy (non-hydrogen) atoms. The van der Waals surface area contributed by atoms with Crippen LogP contribution in [0.25, 0.3) is 0 Å². The van der Waals surface area contributed by atoms with Crippen LogP contribution in [0.15, 0.2) is 0 Å². The van der Waals surface area contributed by atoms with E-state index in [9.17, 15) is 9.90 Å². The van der Waals surface area contributed by atoms with Gasteiger partial charge in [-0.25, -0.2) is 0 Å². The molecule has 1 atom stereocenters. The van der Waals surface area contributed by atoms with Crippen LogP contribution in [0.4, 0.5) is 0 Å². The maximum Gasteiger partial charge on any atom is 0.251 e. The van der Waals surface area contributed by atoms with Gasteiger partial charge in [-0.05, 0) is 25.7 Å². The molecule has 4 heteroatoms. The van der Waals surface area contributed by atoms with Gasteiger partial charge in [0.2, 0.25) is 0 Å². The average molecular weight is 254 g/mol. The Morgan fingerprint density at radius 1 is 1.17 bits per heavy atom. The number of hydrogen-bond donors (Lipinski definition) is 1. The third-order valence-electron chi connectivity index (χ3n) is 4.28. The van der Waals surface area contributed by atoms with Crippen molar-refractivity contribution < 1.29 is 9.90 Å². The van der Waals surface area contributed by atoms with E-state index in [0.29, 0.717) is 0 Å². The van der Waals surface area contributed by atoms with Gasteiger partial charge in [0.15, 0.2) is 0 Å². The second-order valence-electron chi connectivity index (χ2n) is 5.81. The summed E-state index contributed by atoms with van der Waals surface area (Å²) in [6, 6.07) is 0. The zero-order chi connectivity index (χ0) is 13.0. The largest absolute Gasteiger partial charge is 0.384 e. The number of carbonyl (C=O) groups excluding carboxylic acids is 1. The molecule has 104 valence electrons. The summed E-state index contributed by atoms with van der Waals surface area (Å²) >= 11 is 0. The van der Waals surface area contributed by atoms with Crippen molar-refractivity contribution >= 4 is 5.91 Å². The minimum Gasteiger partial charge on any atom is -0.384 e. The van der Waals surface area contributed by atoms with Crippen molar-refractivity contribution in [2.24, 2.45) is 5.92 Å². The first-order valence-corrected chi connectivity index (χ1v) is 7.36. The minimum atomic E-state index is -0.852. The first-order valence-electron chi connectivity index (χ1n) is 7.36. The summed E-state index contributed by atoms with van der Waals surface area (Å²) in [6.07, 6.45) is 6.11. The molecule has 1 heterocycles. The van der Waals surface area contributed by atoms with Gasteiger partial charge in [-0.3, -0.25) is 9.69 Å². The van der Waals surface area contributed by atoms with Gasteiger partial charge in [-0.1, -0.05) is 19.3 Å². The van der Waals surface area contributed by atoms with Gasteiger partial charge in [0.05, 0.1) is 0 Å². The summed E-state index contributed by atoms with van der Waals surface area (Å²) in [5.74, 6) is 0.755. The molecule has 2 fully saturated rings. The highest BCUT2D eigenvalue weighted by molar-refractivity contribution is 5.80. The fourth-order valence-corrected chi connectivity index (χ4v) is 3.15. The Hall–Kier alpha value is -0.610. The van der Waals surface area contributed by atoms with E-state index < -0.39 is 6.10 Å². The standard InChI is InChI=1S/C14H26N2O2/c1-12(17)14(18)16-9-7-15(8-10-16)11-13-5-3-2-4-6-13/h12-13,17H,2-11H2,1H3. The van der Waals surface area contributed by atoms with Gasteiger partial charge in [0.1, 0.15) is 6.10 Å². The maximum atomic E-state index is 11.7. The number of aliphatic hydroxyl groups excluding tert-OH is 1. The van der Waals surface area contributed by atoms with Crippen molar-refractivity contribution in [1.82, 2.24) is 9.80 Å². The Morgan fingerprint density at radius 3 is 2.33 bits per heavy atom. The summed E-state index contributed by atoms with van der Waals surface area (Å²) in [5, 5.41) is 9.30. The second kappa shape index (κ2) is 6.53. The molecule has 0 bridgehead atoms. The Morgan fingerprint density at radius 2 is 1.78 bits per heavy atom. The predicted molar refractivity (Wildman–Crippen MR) is 71.3 cm³/mol. The Bertz CT molecular complexity index is 267. The van der Waals surface area contributed by atoms with Crippen LogP contribution in [0, 0.1) is 5.92 Å². The summed E-state index contributed by atoms with van der Waals surface area (Å²) < 4.78 is 0. The molecule has 1 aliphatic carbocycles. The van der Waals surface area contributed by atoms with Crippen LogP contribution in [0.2, 0.25) is 0 Å². The lowest BCUT2D eigenvalue weighted by Gasteiger charge is -2.37. The number of amides is 1. The molecule has 4 nitrogen and oxygen atoms in total. The third-order valence-corrected chi connectivity index (χ3v) is 4.28. The molecule has 2 aliphatic rings. The molecule has 1 amide bonds. The third kappa shape index (κ3) is 3.69. The van der Waals surface area contributed by atoms with Crippen LogP contribution in [-0.4, -0.2) is 59.6 Å². The van der Waals surface area contributed by atoms with E-state index in [1.165, 1.54) is 38.6 Å². The Kier molecular flexibility index (Phi) is 5.01. The lowest BCUT2D eigenvalue weighted by molar-refractivity contribution is -0.141. The molecule has 1 aliphatic heterocycles. The van der Waals surface area contributed by atoms with Crippen molar-refractivity contribution in [3.8, 4) is 0 Å². The van der Waals surface area contributed by atoms with E-state index in [2.05, 4.69) is 4.90 Å². The molecular weight excluding hydrogens is 228 g/mol. The first-order chi connectivity index (χ1) is 8.66. The van der Waals surface area contributed by atoms with Crippen LogP contribution in [-0.2, 0) is 4.79 Å². The SMILES string of the molecule is CC(O)C(=O)N1CCN(CC2CCCCC2)CC1. The van der Waals surface area contributed by atoms with Crippen LogP contribution >= 0.6 is 0 Å². The number of carbonyl (C=O) groups is 1. The van der Waals surface area contributed by atoms with Crippen molar-refractivity contribution in [3.63, 3.8) is 0 Å². The summed E-state index contributed by atoms with van der Waals surface area (Å²) in [6.45, 7) is 6.24. The lowest BCUT2D eigenvalue weighted by atomic mass is 9.89. The lowest BCUT2D eigenvalue weighted by Crippen LogP contribution is -2.51. The van der Waals surface area contributed by atoms with Crippen LogP contribution < -0.4 is 0 Å². The van der Waals surface area contributed by atoms with Crippen LogP contribution in [0.5, 0.6) is 0 Å². The molecule has 1 N–H and O–H groups in total. The highest BCUT2D eigenvalue weighted by Gasteiger charge is 2.25. The number of nitrogens with zero attached hydrogens (tertiary/aromatic N) is 2.